The molecule has 0 fully saturated rings. The highest BCUT2D eigenvalue weighted by Crippen LogP contribution is 2.01. The van der Waals surface area contributed by atoms with Gasteiger partial charge in [-0.15, -0.1) is 0 Å². The highest BCUT2D eigenvalue weighted by molar-refractivity contribution is 5.85. The summed E-state index contributed by atoms with van der Waals surface area (Å²) in [4.78, 5) is 24.4. The van der Waals surface area contributed by atoms with E-state index in [1.54, 1.807) is 0 Å². The van der Waals surface area contributed by atoms with Crippen LogP contribution in [0.1, 0.15) is 5.56 Å². The minimum atomic E-state index is -0.200. The van der Waals surface area contributed by atoms with Crippen LogP contribution in [-0.4, -0.2) is 43.9 Å². The van der Waals surface area contributed by atoms with Gasteiger partial charge in [0.25, 0.3) is 0 Å². The van der Waals surface area contributed by atoms with Gasteiger partial charge in [-0.3, -0.25) is 14.5 Å². The van der Waals surface area contributed by atoms with Gasteiger partial charge >= 0.3 is 0 Å². The second kappa shape index (κ2) is 7.45. The van der Waals surface area contributed by atoms with Gasteiger partial charge in [-0.05, 0) is 12.6 Å². The number of hydrogen-bond donors (Lipinski definition) is 2. The molecule has 0 aliphatic rings. The number of carbonyl (C=O) groups is 2. The van der Waals surface area contributed by atoms with Gasteiger partial charge in [-0.25, -0.2) is 0 Å². The van der Waals surface area contributed by atoms with Crippen molar-refractivity contribution in [2.45, 2.75) is 6.54 Å². The van der Waals surface area contributed by atoms with E-state index in [1.807, 2.05) is 42.3 Å². The molecule has 0 saturated carbocycles. The lowest BCUT2D eigenvalue weighted by atomic mass is 10.2. The van der Waals surface area contributed by atoms with Crippen molar-refractivity contribution in [3.63, 3.8) is 0 Å². The van der Waals surface area contributed by atoms with Crippen molar-refractivity contribution in [1.29, 1.82) is 0 Å². The summed E-state index contributed by atoms with van der Waals surface area (Å²) < 4.78 is 0. The Morgan fingerprint density at radius 3 is 2.44 bits per heavy atom. The van der Waals surface area contributed by atoms with E-state index in [0.29, 0.717) is 6.54 Å². The van der Waals surface area contributed by atoms with Crippen LogP contribution in [-0.2, 0) is 16.1 Å². The summed E-state index contributed by atoms with van der Waals surface area (Å²) in [5.74, 6) is -0.355. The van der Waals surface area contributed by atoms with Crippen molar-refractivity contribution >= 4 is 11.8 Å². The smallest absolute Gasteiger partial charge is 0.239 e. The molecule has 5 heteroatoms. The van der Waals surface area contributed by atoms with Gasteiger partial charge in [0, 0.05) is 13.6 Å². The standard InChI is InChI=1S/C13H19N3O2/c1-14-12(17)8-15-13(18)10-16(2)9-11-6-4-3-5-7-11/h3-7H,8-10H2,1-2H3,(H,14,17)(H,15,18). The largest absolute Gasteiger partial charge is 0.358 e. The monoisotopic (exact) mass is 249 g/mol. The Hall–Kier alpha value is -1.88. The normalized spacial score (nSPS) is 10.2. The fourth-order valence-electron chi connectivity index (χ4n) is 1.52. The van der Waals surface area contributed by atoms with Crippen LogP contribution in [0, 0.1) is 0 Å². The van der Waals surface area contributed by atoms with Gasteiger partial charge in [0.05, 0.1) is 13.1 Å². The lowest BCUT2D eigenvalue weighted by molar-refractivity contribution is -0.126. The van der Waals surface area contributed by atoms with Crippen LogP contribution in [0.25, 0.3) is 0 Å². The average molecular weight is 249 g/mol. The Bertz CT molecular complexity index is 392. The van der Waals surface area contributed by atoms with Gasteiger partial charge in [0.15, 0.2) is 0 Å². The van der Waals surface area contributed by atoms with Gasteiger partial charge in [-0.2, -0.15) is 0 Å². The number of nitrogens with one attached hydrogen (secondary N) is 2. The topological polar surface area (TPSA) is 61.4 Å². The highest BCUT2D eigenvalue weighted by Gasteiger charge is 2.07. The Kier molecular flexibility index (Phi) is 5.87. The van der Waals surface area contributed by atoms with Gasteiger partial charge < -0.3 is 10.6 Å². The number of hydrogen-bond acceptors (Lipinski definition) is 3. The molecule has 0 saturated heterocycles. The van der Waals surface area contributed by atoms with Crippen LogP contribution in [0.5, 0.6) is 0 Å². The van der Waals surface area contributed by atoms with Crippen LogP contribution >= 0.6 is 0 Å². The molecule has 2 amide bonds. The first kappa shape index (κ1) is 14.2. The molecular weight excluding hydrogens is 230 g/mol. The number of nitrogens with zero attached hydrogens (tertiary/aromatic N) is 1. The lowest BCUT2D eigenvalue weighted by Crippen LogP contribution is -2.40. The maximum atomic E-state index is 11.5. The summed E-state index contributed by atoms with van der Waals surface area (Å²) in [5, 5.41) is 5.00. The molecule has 0 unspecified atom stereocenters. The van der Waals surface area contributed by atoms with Crippen molar-refractivity contribution in [3.8, 4) is 0 Å². The van der Waals surface area contributed by atoms with Crippen molar-refractivity contribution < 1.29 is 9.59 Å². The van der Waals surface area contributed by atoms with E-state index in [2.05, 4.69) is 10.6 Å². The zero-order valence-electron chi connectivity index (χ0n) is 10.8. The van der Waals surface area contributed by atoms with Gasteiger partial charge in [-0.1, -0.05) is 30.3 Å². The maximum absolute atomic E-state index is 11.5. The molecule has 5 nitrogen and oxygen atoms in total. The van der Waals surface area contributed by atoms with Crippen LogP contribution < -0.4 is 10.6 Å². The molecule has 1 aromatic rings. The molecule has 0 aliphatic heterocycles. The van der Waals surface area contributed by atoms with Crippen LogP contribution in [0.15, 0.2) is 30.3 Å². The number of likely N-dealkylation sites (N-methyl/N-ethyl adjacent to an activating group) is 2. The summed E-state index contributed by atoms with van der Waals surface area (Å²) in [5.41, 5.74) is 1.15. The summed E-state index contributed by atoms with van der Waals surface area (Å²) >= 11 is 0. The molecule has 0 aliphatic carbocycles. The fourth-order valence-corrected chi connectivity index (χ4v) is 1.52. The summed E-state index contributed by atoms with van der Waals surface area (Å²) in [6.45, 7) is 0.995. The molecule has 1 aromatic carbocycles. The minimum Gasteiger partial charge on any atom is -0.358 e. The van der Waals surface area contributed by atoms with Crippen molar-refractivity contribution in [2.75, 3.05) is 27.2 Å². The first-order chi connectivity index (χ1) is 8.61. The molecule has 18 heavy (non-hydrogen) atoms. The first-order valence-corrected chi connectivity index (χ1v) is 5.81. The van der Waals surface area contributed by atoms with E-state index in [0.717, 1.165) is 5.56 Å². The zero-order chi connectivity index (χ0) is 13.4. The molecule has 0 radical (unpaired) electrons. The Balaban J connectivity index is 2.29. The number of benzene rings is 1. The molecule has 0 bridgehead atoms. The van der Waals surface area contributed by atoms with E-state index in [-0.39, 0.29) is 24.9 Å². The maximum Gasteiger partial charge on any atom is 0.239 e. The van der Waals surface area contributed by atoms with Gasteiger partial charge in [0.1, 0.15) is 0 Å². The summed E-state index contributed by atoms with van der Waals surface area (Å²) in [6.07, 6.45) is 0. The number of carbonyl (C=O) groups excluding carboxylic acids is 2. The fraction of sp³-hybridized carbons (Fsp3) is 0.385. The van der Waals surface area contributed by atoms with Crippen molar-refractivity contribution in [2.24, 2.45) is 0 Å². The average Bonchev–Trinajstić information content (AvgIpc) is 2.37. The molecule has 2 N–H and O–H groups in total. The van der Waals surface area contributed by atoms with Crippen LogP contribution in [0.3, 0.4) is 0 Å². The van der Waals surface area contributed by atoms with E-state index < -0.39 is 0 Å². The third-order valence-corrected chi connectivity index (χ3v) is 2.43. The van der Waals surface area contributed by atoms with Crippen molar-refractivity contribution in [1.82, 2.24) is 15.5 Å². The molecule has 1 rings (SSSR count). The van der Waals surface area contributed by atoms with Gasteiger partial charge in [0.2, 0.25) is 11.8 Å². The molecule has 0 atom stereocenters. The second-order valence-corrected chi connectivity index (χ2v) is 4.11. The zero-order valence-corrected chi connectivity index (χ0v) is 10.8. The molecule has 98 valence electrons. The van der Waals surface area contributed by atoms with E-state index in [9.17, 15) is 9.59 Å². The summed E-state index contributed by atoms with van der Waals surface area (Å²) in [6, 6.07) is 9.92. The predicted molar refractivity (Wildman–Crippen MR) is 69.9 cm³/mol. The molecule has 0 spiro atoms. The Morgan fingerprint density at radius 2 is 1.83 bits per heavy atom. The Morgan fingerprint density at radius 1 is 1.17 bits per heavy atom. The molecule has 0 aromatic heterocycles. The highest BCUT2D eigenvalue weighted by atomic mass is 16.2. The Labute approximate surface area is 107 Å². The predicted octanol–water partition coefficient (Wildman–Crippen LogP) is -0.0194. The van der Waals surface area contributed by atoms with Crippen molar-refractivity contribution in [3.05, 3.63) is 35.9 Å². The lowest BCUT2D eigenvalue weighted by Gasteiger charge is -2.16. The number of amides is 2. The van der Waals surface area contributed by atoms with E-state index in [4.69, 9.17) is 0 Å². The quantitative estimate of drug-likeness (QED) is 0.745. The van der Waals surface area contributed by atoms with E-state index in [1.165, 1.54) is 7.05 Å². The second-order valence-electron chi connectivity index (χ2n) is 4.11. The minimum absolute atomic E-state index is 0.0223. The third kappa shape index (κ3) is 5.45. The summed E-state index contributed by atoms with van der Waals surface area (Å²) in [7, 11) is 3.41. The molecule has 0 heterocycles. The third-order valence-electron chi connectivity index (χ3n) is 2.43. The molecular formula is C13H19N3O2. The first-order valence-electron chi connectivity index (χ1n) is 5.81. The van der Waals surface area contributed by atoms with Crippen LogP contribution in [0.2, 0.25) is 0 Å². The number of rotatable bonds is 6. The van der Waals surface area contributed by atoms with E-state index >= 15 is 0 Å². The SMILES string of the molecule is CNC(=O)CNC(=O)CN(C)Cc1ccccc1. The van der Waals surface area contributed by atoms with Crippen LogP contribution in [0.4, 0.5) is 0 Å².